The highest BCUT2D eigenvalue weighted by atomic mass is 32.1. The Morgan fingerprint density at radius 1 is 1.06 bits per heavy atom. The number of anilines is 1. The topological polar surface area (TPSA) is 101 Å². The van der Waals surface area contributed by atoms with Gasteiger partial charge in [0.25, 0.3) is 0 Å². The predicted octanol–water partition coefficient (Wildman–Crippen LogP) is 2.74. The number of thiazole rings is 1. The summed E-state index contributed by atoms with van der Waals surface area (Å²) in [6.45, 7) is 1.99. The molecule has 2 N–H and O–H groups in total. The molecule has 0 aliphatic carbocycles. The number of rotatable bonds is 5. The first kappa shape index (κ1) is 19.4. The number of tetrazole rings is 1. The Bertz CT molecular complexity index is 1130. The van der Waals surface area contributed by atoms with E-state index < -0.39 is 0 Å². The zero-order valence-electron chi connectivity index (χ0n) is 16.8. The fraction of sp³-hybridized carbons (Fsp3) is 0.286. The smallest absolute Gasteiger partial charge is 0.315 e. The van der Waals surface area contributed by atoms with E-state index in [-0.39, 0.29) is 18.6 Å². The van der Waals surface area contributed by atoms with Crippen LogP contribution in [-0.4, -0.2) is 50.4 Å². The van der Waals surface area contributed by atoms with Gasteiger partial charge in [0, 0.05) is 19.1 Å². The van der Waals surface area contributed by atoms with Crippen molar-refractivity contribution in [1.29, 1.82) is 0 Å². The van der Waals surface area contributed by atoms with Crippen molar-refractivity contribution in [3.05, 3.63) is 60.4 Å². The van der Waals surface area contributed by atoms with Crippen LogP contribution in [0.3, 0.4) is 0 Å². The fourth-order valence-corrected chi connectivity index (χ4v) is 4.71. The van der Waals surface area contributed by atoms with E-state index in [1.807, 2.05) is 48.5 Å². The Labute approximate surface area is 183 Å². The molecule has 3 heterocycles. The third-order valence-corrected chi connectivity index (χ3v) is 6.42. The van der Waals surface area contributed by atoms with E-state index in [0.29, 0.717) is 5.82 Å². The van der Waals surface area contributed by atoms with Gasteiger partial charge >= 0.3 is 6.03 Å². The number of aromatic nitrogens is 5. The standard InChI is InChI=1S/C21H22N8OS/c30-20(22-14-19-25-26-27-29(19)16-6-2-1-3-7-16)23-15-10-12-28(13-11-15)21-24-17-8-4-5-9-18(17)31-21/h1-9,15H,10-14H2,(H2,22,23,30). The fourth-order valence-electron chi connectivity index (χ4n) is 3.69. The van der Waals surface area contributed by atoms with E-state index in [1.54, 1.807) is 16.0 Å². The van der Waals surface area contributed by atoms with Gasteiger partial charge in [0.2, 0.25) is 0 Å². The van der Waals surface area contributed by atoms with E-state index in [0.717, 1.165) is 42.3 Å². The van der Waals surface area contributed by atoms with Crippen molar-refractivity contribution in [2.75, 3.05) is 18.0 Å². The molecule has 0 saturated carbocycles. The molecule has 10 heteroatoms. The summed E-state index contributed by atoms with van der Waals surface area (Å²) in [4.78, 5) is 19.4. The molecule has 0 spiro atoms. The third kappa shape index (κ3) is 4.33. The number of piperidine rings is 1. The highest BCUT2D eigenvalue weighted by molar-refractivity contribution is 7.22. The van der Waals surface area contributed by atoms with Crippen molar-refractivity contribution in [3.63, 3.8) is 0 Å². The molecule has 9 nitrogen and oxygen atoms in total. The maximum atomic E-state index is 12.4. The normalized spacial score (nSPS) is 14.6. The molecule has 4 aromatic rings. The maximum Gasteiger partial charge on any atom is 0.315 e. The number of urea groups is 1. The lowest BCUT2D eigenvalue weighted by Crippen LogP contribution is -2.48. The molecule has 2 aromatic carbocycles. The molecule has 31 heavy (non-hydrogen) atoms. The van der Waals surface area contributed by atoms with Crippen molar-refractivity contribution in [2.45, 2.75) is 25.4 Å². The summed E-state index contributed by atoms with van der Waals surface area (Å²) in [5, 5.41) is 18.7. The van der Waals surface area contributed by atoms with E-state index in [9.17, 15) is 4.79 Å². The molecule has 5 rings (SSSR count). The summed E-state index contributed by atoms with van der Waals surface area (Å²) in [5.74, 6) is 0.576. The largest absolute Gasteiger partial charge is 0.348 e. The quantitative estimate of drug-likeness (QED) is 0.501. The summed E-state index contributed by atoms with van der Waals surface area (Å²) in [6.07, 6.45) is 1.76. The number of carbonyl (C=O) groups excluding carboxylic acids is 1. The van der Waals surface area contributed by atoms with Gasteiger partial charge in [0.15, 0.2) is 11.0 Å². The number of fused-ring (bicyclic) bond motifs is 1. The van der Waals surface area contributed by atoms with Crippen LogP contribution in [0.2, 0.25) is 0 Å². The molecule has 0 bridgehead atoms. The van der Waals surface area contributed by atoms with E-state index in [4.69, 9.17) is 4.98 Å². The Hall–Kier alpha value is -3.53. The lowest BCUT2D eigenvalue weighted by molar-refractivity contribution is 0.233. The van der Waals surface area contributed by atoms with Crippen LogP contribution < -0.4 is 15.5 Å². The summed E-state index contributed by atoms with van der Waals surface area (Å²) in [7, 11) is 0. The van der Waals surface area contributed by atoms with Crippen molar-refractivity contribution in [1.82, 2.24) is 35.8 Å². The molecule has 1 saturated heterocycles. The molecule has 2 amide bonds. The molecule has 0 atom stereocenters. The number of hydrogen-bond acceptors (Lipinski definition) is 7. The summed E-state index contributed by atoms with van der Waals surface area (Å²) in [5.41, 5.74) is 1.90. The highest BCUT2D eigenvalue weighted by Crippen LogP contribution is 2.30. The van der Waals surface area contributed by atoms with Gasteiger partial charge in [-0.25, -0.2) is 9.78 Å². The van der Waals surface area contributed by atoms with Gasteiger partial charge in [-0.1, -0.05) is 41.7 Å². The van der Waals surface area contributed by atoms with Crippen LogP contribution in [0.5, 0.6) is 0 Å². The second-order valence-electron chi connectivity index (χ2n) is 7.39. The first-order valence-corrected chi connectivity index (χ1v) is 11.1. The molecule has 1 aliphatic rings. The molecular weight excluding hydrogens is 412 g/mol. The lowest BCUT2D eigenvalue weighted by Gasteiger charge is -2.32. The Morgan fingerprint density at radius 2 is 1.84 bits per heavy atom. The average molecular weight is 435 g/mol. The van der Waals surface area contributed by atoms with Gasteiger partial charge in [-0.15, -0.1) is 5.10 Å². The second kappa shape index (κ2) is 8.68. The molecular formula is C21H22N8OS. The van der Waals surface area contributed by atoms with Gasteiger partial charge < -0.3 is 15.5 Å². The predicted molar refractivity (Wildman–Crippen MR) is 119 cm³/mol. The molecule has 1 aliphatic heterocycles. The monoisotopic (exact) mass is 434 g/mol. The Balaban J connectivity index is 1.12. The number of hydrogen-bond donors (Lipinski definition) is 2. The van der Waals surface area contributed by atoms with Crippen molar-refractivity contribution >= 4 is 32.7 Å². The Kier molecular flexibility index (Phi) is 5.44. The van der Waals surface area contributed by atoms with E-state index >= 15 is 0 Å². The summed E-state index contributed by atoms with van der Waals surface area (Å²) in [6, 6.07) is 17.7. The van der Waals surface area contributed by atoms with Crippen molar-refractivity contribution < 1.29 is 4.79 Å². The maximum absolute atomic E-state index is 12.4. The Morgan fingerprint density at radius 3 is 2.65 bits per heavy atom. The summed E-state index contributed by atoms with van der Waals surface area (Å²) < 4.78 is 2.83. The average Bonchev–Trinajstić information content (AvgIpc) is 3.46. The van der Waals surface area contributed by atoms with Gasteiger partial charge in [-0.2, -0.15) is 4.68 Å². The number of carbonyl (C=O) groups is 1. The van der Waals surface area contributed by atoms with Gasteiger partial charge in [-0.05, 0) is 47.5 Å². The lowest BCUT2D eigenvalue weighted by atomic mass is 10.1. The molecule has 1 fully saturated rings. The van der Waals surface area contributed by atoms with Crippen LogP contribution >= 0.6 is 11.3 Å². The zero-order valence-corrected chi connectivity index (χ0v) is 17.6. The first-order valence-electron chi connectivity index (χ1n) is 10.2. The van der Waals surface area contributed by atoms with Gasteiger partial charge in [0.1, 0.15) is 0 Å². The van der Waals surface area contributed by atoms with Crippen molar-refractivity contribution in [2.24, 2.45) is 0 Å². The minimum Gasteiger partial charge on any atom is -0.348 e. The van der Waals surface area contributed by atoms with Crippen molar-refractivity contribution in [3.8, 4) is 5.69 Å². The van der Waals surface area contributed by atoms with Crippen LogP contribution in [0.25, 0.3) is 15.9 Å². The first-order chi connectivity index (χ1) is 15.3. The van der Waals surface area contributed by atoms with Crippen LogP contribution in [0.1, 0.15) is 18.7 Å². The van der Waals surface area contributed by atoms with Gasteiger partial charge in [0.05, 0.1) is 22.4 Å². The minimum atomic E-state index is -0.207. The van der Waals surface area contributed by atoms with E-state index in [1.165, 1.54) is 4.70 Å². The number of para-hydroxylation sites is 2. The van der Waals surface area contributed by atoms with E-state index in [2.05, 4.69) is 37.1 Å². The zero-order chi connectivity index (χ0) is 21.0. The SMILES string of the molecule is O=C(NCc1nnnn1-c1ccccc1)NC1CCN(c2nc3ccccc3s2)CC1. The van der Waals surface area contributed by atoms with Crippen LogP contribution in [0.4, 0.5) is 9.93 Å². The number of benzene rings is 2. The molecule has 158 valence electrons. The number of nitrogens with one attached hydrogen (secondary N) is 2. The number of nitrogens with zero attached hydrogens (tertiary/aromatic N) is 6. The molecule has 2 aromatic heterocycles. The molecule has 0 radical (unpaired) electrons. The van der Waals surface area contributed by atoms with Gasteiger partial charge in [-0.3, -0.25) is 0 Å². The van der Waals surface area contributed by atoms with Crippen LogP contribution in [0.15, 0.2) is 54.6 Å². The van der Waals surface area contributed by atoms with Crippen LogP contribution in [-0.2, 0) is 6.54 Å². The minimum absolute atomic E-state index is 0.135. The third-order valence-electron chi connectivity index (χ3n) is 5.33. The molecule has 0 unspecified atom stereocenters. The summed E-state index contributed by atoms with van der Waals surface area (Å²) >= 11 is 1.72. The number of amides is 2. The second-order valence-corrected chi connectivity index (χ2v) is 8.40. The van der Waals surface area contributed by atoms with Crippen LogP contribution in [0, 0.1) is 0 Å². The highest BCUT2D eigenvalue weighted by Gasteiger charge is 2.23.